The highest BCUT2D eigenvalue weighted by molar-refractivity contribution is 7.80. The van der Waals surface area contributed by atoms with Gasteiger partial charge in [-0.25, -0.2) is 4.39 Å². The molecule has 0 atom stereocenters. The van der Waals surface area contributed by atoms with E-state index >= 15 is 0 Å². The smallest absolute Gasteiger partial charge is 0.147 e. The molecule has 1 heterocycles. The van der Waals surface area contributed by atoms with E-state index in [1.54, 1.807) is 23.5 Å². The zero-order chi connectivity index (χ0) is 14.1. The van der Waals surface area contributed by atoms with Gasteiger partial charge in [0.05, 0.1) is 12.2 Å². The van der Waals surface area contributed by atoms with Crippen LogP contribution in [0.25, 0.3) is 0 Å². The standard InChI is InChI=1S/C15H15FN2S2/c16-13-8-10(15(17)19)3-6-14(13)18(11-4-5-11)9-12-2-1-7-20-12/h1-3,6-8,11H,4-5,9H2,(H2,17,19). The van der Waals surface area contributed by atoms with Crippen LogP contribution in [0.1, 0.15) is 23.3 Å². The van der Waals surface area contributed by atoms with Crippen molar-refractivity contribution >= 4 is 34.2 Å². The van der Waals surface area contributed by atoms with Gasteiger partial charge in [0.25, 0.3) is 0 Å². The molecule has 0 amide bonds. The van der Waals surface area contributed by atoms with Crippen LogP contribution in [0.2, 0.25) is 0 Å². The Morgan fingerprint density at radius 2 is 2.20 bits per heavy atom. The van der Waals surface area contributed by atoms with Crippen molar-refractivity contribution < 1.29 is 4.39 Å². The summed E-state index contributed by atoms with van der Waals surface area (Å²) in [6, 6.07) is 9.57. The van der Waals surface area contributed by atoms with E-state index in [-0.39, 0.29) is 10.8 Å². The summed E-state index contributed by atoms with van der Waals surface area (Å²) < 4.78 is 14.3. The summed E-state index contributed by atoms with van der Waals surface area (Å²) in [6.45, 7) is 0.756. The van der Waals surface area contributed by atoms with E-state index < -0.39 is 0 Å². The fourth-order valence-electron chi connectivity index (χ4n) is 2.26. The largest absolute Gasteiger partial charge is 0.389 e. The van der Waals surface area contributed by atoms with E-state index in [2.05, 4.69) is 11.0 Å². The molecule has 1 aliphatic rings. The number of thiocarbonyl (C=S) groups is 1. The zero-order valence-electron chi connectivity index (χ0n) is 10.9. The number of rotatable bonds is 5. The van der Waals surface area contributed by atoms with Gasteiger partial charge in [-0.3, -0.25) is 0 Å². The quantitative estimate of drug-likeness (QED) is 0.854. The fraction of sp³-hybridized carbons (Fsp3) is 0.267. The molecule has 2 N–H and O–H groups in total. The minimum atomic E-state index is -0.251. The van der Waals surface area contributed by atoms with Crippen molar-refractivity contribution in [1.29, 1.82) is 0 Å². The molecule has 1 aromatic heterocycles. The lowest BCUT2D eigenvalue weighted by Gasteiger charge is -2.25. The second-order valence-corrected chi connectivity index (χ2v) is 6.44. The number of nitrogens with two attached hydrogens (primary N) is 1. The number of nitrogens with zero attached hydrogens (tertiary/aromatic N) is 1. The van der Waals surface area contributed by atoms with Gasteiger partial charge in [0.1, 0.15) is 10.8 Å². The van der Waals surface area contributed by atoms with Gasteiger partial charge < -0.3 is 10.6 Å². The van der Waals surface area contributed by atoms with Crippen molar-refractivity contribution in [1.82, 2.24) is 0 Å². The lowest BCUT2D eigenvalue weighted by atomic mass is 10.1. The minimum absolute atomic E-state index is 0.228. The highest BCUT2D eigenvalue weighted by Gasteiger charge is 2.31. The SMILES string of the molecule is NC(=S)c1ccc(N(Cc2cccs2)C2CC2)c(F)c1. The second-order valence-electron chi connectivity index (χ2n) is 4.97. The van der Waals surface area contributed by atoms with Crippen molar-refractivity contribution in [3.63, 3.8) is 0 Å². The summed E-state index contributed by atoms with van der Waals surface area (Å²) >= 11 is 6.59. The van der Waals surface area contributed by atoms with Crippen molar-refractivity contribution in [2.45, 2.75) is 25.4 Å². The summed E-state index contributed by atoms with van der Waals surface area (Å²) in [5.41, 5.74) is 6.76. The first-order valence-corrected chi connectivity index (χ1v) is 7.82. The Bertz CT molecular complexity index is 621. The predicted octanol–water partition coefficient (Wildman–Crippen LogP) is 3.69. The van der Waals surface area contributed by atoms with E-state index in [1.165, 1.54) is 10.9 Å². The highest BCUT2D eigenvalue weighted by Crippen LogP contribution is 2.35. The molecule has 1 fully saturated rings. The average Bonchev–Trinajstić information content (AvgIpc) is 3.14. The molecule has 0 spiro atoms. The Hall–Kier alpha value is -1.46. The third kappa shape index (κ3) is 2.83. The van der Waals surface area contributed by atoms with Gasteiger partial charge in [0.15, 0.2) is 0 Å². The van der Waals surface area contributed by atoms with Crippen LogP contribution in [0.5, 0.6) is 0 Å². The van der Waals surface area contributed by atoms with E-state index in [4.69, 9.17) is 18.0 Å². The normalized spacial score (nSPS) is 14.2. The summed E-state index contributed by atoms with van der Waals surface area (Å²) in [6.07, 6.45) is 2.25. The molecule has 20 heavy (non-hydrogen) atoms. The van der Waals surface area contributed by atoms with Gasteiger partial charge in [-0.2, -0.15) is 0 Å². The molecule has 1 saturated carbocycles. The van der Waals surface area contributed by atoms with Gasteiger partial charge in [-0.05, 0) is 42.5 Å². The Kier molecular flexibility index (Phi) is 3.72. The van der Waals surface area contributed by atoms with E-state index in [0.717, 1.165) is 19.4 Å². The molecule has 1 aliphatic carbocycles. The van der Waals surface area contributed by atoms with Gasteiger partial charge in [0.2, 0.25) is 0 Å². The molecular weight excluding hydrogens is 291 g/mol. The molecular formula is C15H15FN2S2. The van der Waals surface area contributed by atoms with Gasteiger partial charge in [0, 0.05) is 16.5 Å². The van der Waals surface area contributed by atoms with Crippen LogP contribution < -0.4 is 10.6 Å². The maximum absolute atomic E-state index is 14.3. The molecule has 0 unspecified atom stereocenters. The van der Waals surface area contributed by atoms with Crippen molar-refractivity contribution in [3.05, 3.63) is 52.0 Å². The molecule has 0 bridgehead atoms. The molecule has 0 aliphatic heterocycles. The van der Waals surface area contributed by atoms with Crippen molar-refractivity contribution in [2.24, 2.45) is 5.73 Å². The molecule has 0 radical (unpaired) electrons. The van der Waals surface area contributed by atoms with Gasteiger partial charge in [-0.1, -0.05) is 18.3 Å². The van der Waals surface area contributed by atoms with E-state index in [0.29, 0.717) is 17.3 Å². The lowest BCUT2D eigenvalue weighted by molar-refractivity contribution is 0.615. The molecule has 2 aromatic rings. The number of benzene rings is 1. The number of hydrogen-bond donors (Lipinski definition) is 1. The molecule has 5 heteroatoms. The highest BCUT2D eigenvalue weighted by atomic mass is 32.1. The van der Waals surface area contributed by atoms with Gasteiger partial charge in [-0.15, -0.1) is 11.3 Å². The first kappa shape index (κ1) is 13.5. The summed E-state index contributed by atoms with van der Waals surface area (Å²) in [7, 11) is 0. The van der Waals surface area contributed by atoms with Crippen molar-refractivity contribution in [3.8, 4) is 0 Å². The summed E-state index contributed by atoms with van der Waals surface area (Å²) in [4.78, 5) is 3.62. The molecule has 2 nitrogen and oxygen atoms in total. The van der Waals surface area contributed by atoms with Crippen LogP contribution in [-0.2, 0) is 6.54 Å². The number of anilines is 1. The summed E-state index contributed by atoms with van der Waals surface area (Å²) in [5.74, 6) is -0.251. The maximum atomic E-state index is 14.3. The molecule has 3 rings (SSSR count). The van der Waals surface area contributed by atoms with Crippen LogP contribution in [0.15, 0.2) is 35.7 Å². The second kappa shape index (κ2) is 5.50. The van der Waals surface area contributed by atoms with Gasteiger partial charge >= 0.3 is 0 Å². The number of hydrogen-bond acceptors (Lipinski definition) is 3. The zero-order valence-corrected chi connectivity index (χ0v) is 12.5. The summed E-state index contributed by atoms with van der Waals surface area (Å²) in [5, 5.41) is 2.05. The van der Waals surface area contributed by atoms with Crippen LogP contribution in [0, 0.1) is 5.82 Å². The van der Waals surface area contributed by atoms with E-state index in [9.17, 15) is 4.39 Å². The Morgan fingerprint density at radius 1 is 1.40 bits per heavy atom. The molecule has 1 aromatic carbocycles. The monoisotopic (exact) mass is 306 g/mol. The number of thiophene rings is 1. The lowest BCUT2D eigenvalue weighted by Crippen LogP contribution is -2.25. The molecule has 104 valence electrons. The predicted molar refractivity (Wildman–Crippen MR) is 85.8 cm³/mol. The van der Waals surface area contributed by atoms with E-state index in [1.807, 2.05) is 11.4 Å². The fourth-order valence-corrected chi connectivity index (χ4v) is 3.09. The molecule has 0 saturated heterocycles. The topological polar surface area (TPSA) is 29.3 Å². The Balaban J connectivity index is 1.89. The van der Waals surface area contributed by atoms with Crippen LogP contribution in [0.3, 0.4) is 0 Å². The Labute approximate surface area is 127 Å². The minimum Gasteiger partial charge on any atom is -0.389 e. The maximum Gasteiger partial charge on any atom is 0.147 e. The first-order valence-electron chi connectivity index (χ1n) is 6.53. The van der Waals surface area contributed by atoms with Crippen molar-refractivity contribution in [2.75, 3.05) is 4.90 Å². The Morgan fingerprint density at radius 3 is 2.75 bits per heavy atom. The van der Waals surface area contributed by atoms with Crippen LogP contribution >= 0.6 is 23.6 Å². The van der Waals surface area contributed by atoms with Crippen LogP contribution in [0.4, 0.5) is 10.1 Å². The third-order valence-corrected chi connectivity index (χ3v) is 4.53. The average molecular weight is 306 g/mol. The third-order valence-electron chi connectivity index (χ3n) is 3.44. The first-order chi connectivity index (χ1) is 9.65. The number of halogens is 1. The van der Waals surface area contributed by atoms with Crippen LogP contribution in [-0.4, -0.2) is 11.0 Å².